The zero-order valence-corrected chi connectivity index (χ0v) is 15.1. The predicted molar refractivity (Wildman–Crippen MR) is 94.1 cm³/mol. The van der Waals surface area contributed by atoms with E-state index in [2.05, 4.69) is 74.8 Å². The van der Waals surface area contributed by atoms with Gasteiger partial charge in [-0.15, -0.1) is 0 Å². The average molecular weight is 401 g/mol. The first-order chi connectivity index (χ1) is 11.3. The van der Waals surface area contributed by atoms with Gasteiger partial charge >= 0.3 is 11.9 Å². The van der Waals surface area contributed by atoms with Gasteiger partial charge < -0.3 is 25.7 Å². The topological polar surface area (TPSA) is 114 Å². The lowest BCUT2D eigenvalue weighted by Gasteiger charge is -2.14. The first-order valence-electron chi connectivity index (χ1n) is 7.21. The Morgan fingerprint density at radius 3 is 2.38 bits per heavy atom. The van der Waals surface area contributed by atoms with Gasteiger partial charge in [-0.2, -0.15) is 0 Å². The van der Waals surface area contributed by atoms with Gasteiger partial charge in [-0.05, 0) is 31.8 Å². The van der Waals surface area contributed by atoms with Crippen LogP contribution >= 0.6 is 15.9 Å². The van der Waals surface area contributed by atoms with Crippen LogP contribution in [0.15, 0.2) is 33.7 Å². The largest absolute Gasteiger partial charge is 0.473 e. The van der Waals surface area contributed by atoms with Gasteiger partial charge in [-0.1, -0.05) is 28.1 Å². The third kappa shape index (κ3) is 7.42. The molecule has 9 heteroatoms. The molecule has 4 N–H and O–H groups in total. The Morgan fingerprint density at radius 2 is 1.88 bits per heavy atom. The van der Waals surface area contributed by atoms with E-state index in [0.717, 1.165) is 30.1 Å². The smallest absolute Gasteiger partial charge is 0.414 e. The second kappa shape index (κ2) is 9.89. The van der Waals surface area contributed by atoms with Crippen LogP contribution in [0.2, 0.25) is 0 Å². The Balaban J connectivity index is 0.000000413. The van der Waals surface area contributed by atoms with Gasteiger partial charge in [0.15, 0.2) is 5.96 Å². The maximum absolute atomic E-state index is 9.10. The number of carboxylic acids is 2. The Labute approximate surface area is 148 Å². The van der Waals surface area contributed by atoms with Crippen LogP contribution in [0.3, 0.4) is 0 Å². The quantitative estimate of drug-likeness (QED) is 0.551. The molecule has 24 heavy (non-hydrogen) atoms. The third-order valence-corrected chi connectivity index (χ3v) is 3.58. The van der Waals surface area contributed by atoms with Crippen LogP contribution in [0.5, 0.6) is 0 Å². The predicted octanol–water partition coefficient (Wildman–Crippen LogP) is 0.756. The average Bonchev–Trinajstić information content (AvgIpc) is 2.97. The van der Waals surface area contributed by atoms with Crippen molar-refractivity contribution in [3.8, 4) is 0 Å². The zero-order valence-electron chi connectivity index (χ0n) is 13.5. The summed E-state index contributed by atoms with van der Waals surface area (Å²) in [7, 11) is 4.13. The summed E-state index contributed by atoms with van der Waals surface area (Å²) in [6.07, 6.45) is 0. The zero-order chi connectivity index (χ0) is 18.1. The first-order valence-corrected chi connectivity index (χ1v) is 8.00. The molecule has 0 fully saturated rings. The summed E-state index contributed by atoms with van der Waals surface area (Å²) < 4.78 is 1.11. The molecule has 1 aliphatic heterocycles. The number of nitrogens with zero attached hydrogens (tertiary/aromatic N) is 2. The first kappa shape index (κ1) is 19.9. The number of carbonyl (C=O) groups is 2. The fourth-order valence-electron chi connectivity index (χ4n) is 1.83. The van der Waals surface area contributed by atoms with Gasteiger partial charge in [0.25, 0.3) is 0 Å². The van der Waals surface area contributed by atoms with Gasteiger partial charge in [-0.3, -0.25) is 4.99 Å². The van der Waals surface area contributed by atoms with E-state index in [1.54, 1.807) is 0 Å². The summed E-state index contributed by atoms with van der Waals surface area (Å²) in [4.78, 5) is 24.8. The standard InChI is InChI=1S/C13H19BrN4.C2H2O4/c1-18(2)8-7-15-13-16-9-12(17-13)10-3-5-11(14)6-4-10;3-1(4)2(5)6/h3-6,12H,7-9H2,1-2H3,(H2,15,16,17);(H,3,4)(H,5,6). The molecule has 0 radical (unpaired) electrons. The molecule has 1 aromatic rings. The Hall–Kier alpha value is -2.13. The molecule has 1 atom stereocenters. The molecule has 0 spiro atoms. The Bertz CT molecular complexity index is 578. The highest BCUT2D eigenvalue weighted by molar-refractivity contribution is 9.10. The van der Waals surface area contributed by atoms with Gasteiger partial charge in [0.2, 0.25) is 0 Å². The van der Waals surface area contributed by atoms with Crippen LogP contribution in [0.25, 0.3) is 0 Å². The molecule has 0 aromatic heterocycles. The fourth-order valence-corrected chi connectivity index (χ4v) is 2.09. The monoisotopic (exact) mass is 400 g/mol. The molecule has 1 heterocycles. The molecule has 132 valence electrons. The van der Waals surface area contributed by atoms with E-state index in [1.165, 1.54) is 5.56 Å². The second-order valence-electron chi connectivity index (χ2n) is 5.28. The van der Waals surface area contributed by atoms with Crippen molar-refractivity contribution >= 4 is 33.8 Å². The number of likely N-dealkylation sites (N-methyl/N-ethyl adjacent to an activating group) is 1. The highest BCUT2D eigenvalue weighted by atomic mass is 79.9. The van der Waals surface area contributed by atoms with Crippen molar-refractivity contribution in [2.75, 3.05) is 33.7 Å². The fraction of sp³-hybridized carbons (Fsp3) is 0.400. The Morgan fingerprint density at radius 1 is 1.29 bits per heavy atom. The molecule has 0 aliphatic carbocycles. The number of benzene rings is 1. The lowest BCUT2D eigenvalue weighted by atomic mass is 10.1. The molecule has 0 bridgehead atoms. The number of nitrogens with one attached hydrogen (secondary N) is 2. The van der Waals surface area contributed by atoms with Crippen LogP contribution in [-0.2, 0) is 9.59 Å². The second-order valence-corrected chi connectivity index (χ2v) is 6.19. The lowest BCUT2D eigenvalue weighted by molar-refractivity contribution is -0.159. The number of carboxylic acid groups (broad SMARTS) is 2. The maximum Gasteiger partial charge on any atom is 0.414 e. The van der Waals surface area contributed by atoms with Crippen molar-refractivity contribution in [1.82, 2.24) is 15.5 Å². The van der Waals surface area contributed by atoms with E-state index in [0.29, 0.717) is 6.04 Å². The minimum atomic E-state index is -1.82. The summed E-state index contributed by atoms with van der Waals surface area (Å²) in [5.74, 6) is -2.74. The van der Waals surface area contributed by atoms with Crippen LogP contribution in [0.4, 0.5) is 0 Å². The number of aliphatic carboxylic acids is 2. The summed E-state index contributed by atoms with van der Waals surface area (Å²) >= 11 is 3.45. The molecule has 8 nitrogen and oxygen atoms in total. The van der Waals surface area contributed by atoms with Gasteiger partial charge in [0.1, 0.15) is 0 Å². The molecule has 0 amide bonds. The number of halogens is 1. The van der Waals surface area contributed by atoms with E-state index >= 15 is 0 Å². The van der Waals surface area contributed by atoms with E-state index in [1.807, 2.05) is 0 Å². The molecule has 1 aromatic carbocycles. The van der Waals surface area contributed by atoms with Gasteiger partial charge in [0, 0.05) is 17.6 Å². The molecular formula is C15H21BrN4O4. The number of hydrogen-bond acceptors (Lipinski definition) is 6. The summed E-state index contributed by atoms with van der Waals surface area (Å²) in [5, 5.41) is 21.5. The van der Waals surface area contributed by atoms with Crippen LogP contribution in [0, 0.1) is 0 Å². The van der Waals surface area contributed by atoms with Crippen LogP contribution in [0.1, 0.15) is 11.6 Å². The van der Waals surface area contributed by atoms with Crippen molar-refractivity contribution in [1.29, 1.82) is 0 Å². The highest BCUT2D eigenvalue weighted by Gasteiger charge is 2.18. The van der Waals surface area contributed by atoms with Crippen LogP contribution in [-0.4, -0.2) is 66.7 Å². The number of guanidine groups is 1. The van der Waals surface area contributed by atoms with E-state index < -0.39 is 11.9 Å². The molecule has 0 saturated carbocycles. The van der Waals surface area contributed by atoms with E-state index in [4.69, 9.17) is 19.8 Å². The maximum atomic E-state index is 9.10. The number of rotatable bonds is 4. The molecule has 2 rings (SSSR count). The molecule has 0 saturated heterocycles. The van der Waals surface area contributed by atoms with Crippen molar-refractivity contribution in [2.45, 2.75) is 6.04 Å². The van der Waals surface area contributed by atoms with E-state index in [-0.39, 0.29) is 0 Å². The van der Waals surface area contributed by atoms with E-state index in [9.17, 15) is 0 Å². The number of hydrogen-bond donors (Lipinski definition) is 4. The summed E-state index contributed by atoms with van der Waals surface area (Å²) in [5.41, 5.74) is 1.27. The van der Waals surface area contributed by atoms with Crippen LogP contribution < -0.4 is 10.6 Å². The highest BCUT2D eigenvalue weighted by Crippen LogP contribution is 2.19. The minimum absolute atomic E-state index is 0.292. The van der Waals surface area contributed by atoms with Gasteiger partial charge in [-0.25, -0.2) is 9.59 Å². The minimum Gasteiger partial charge on any atom is -0.473 e. The Kier molecular flexibility index (Phi) is 8.20. The number of aliphatic imine (C=N–C) groups is 1. The van der Waals surface area contributed by atoms with Crippen molar-refractivity contribution in [3.63, 3.8) is 0 Å². The molecular weight excluding hydrogens is 380 g/mol. The van der Waals surface area contributed by atoms with Crippen molar-refractivity contribution in [2.24, 2.45) is 4.99 Å². The summed E-state index contributed by atoms with van der Waals surface area (Å²) in [6, 6.07) is 8.67. The molecule has 1 unspecified atom stereocenters. The van der Waals surface area contributed by atoms with Crippen molar-refractivity contribution < 1.29 is 19.8 Å². The summed E-state index contributed by atoms with van der Waals surface area (Å²) in [6.45, 7) is 2.71. The lowest BCUT2D eigenvalue weighted by Crippen LogP contribution is -2.38. The third-order valence-electron chi connectivity index (χ3n) is 3.05. The molecule has 1 aliphatic rings. The van der Waals surface area contributed by atoms with Crippen molar-refractivity contribution in [3.05, 3.63) is 34.3 Å². The normalized spacial score (nSPS) is 15.8. The SMILES string of the molecule is CN(C)CCNC1=NCC(c2ccc(Br)cc2)N1.O=C(O)C(=O)O. The van der Waals surface area contributed by atoms with Gasteiger partial charge in [0.05, 0.1) is 12.6 Å².